The van der Waals surface area contributed by atoms with Gasteiger partial charge in [-0.05, 0) is 12.8 Å². The smallest absolute Gasteiger partial charge is 0.460 e. The number of carbonyl (C=O) groups is 1. The molecule has 0 saturated heterocycles. The highest BCUT2D eigenvalue weighted by molar-refractivity contribution is 9.09. The summed E-state index contributed by atoms with van der Waals surface area (Å²) >= 11 is 2.91. The molecule has 0 fully saturated rings. The maximum Gasteiger partial charge on any atom is 0.460 e. The first kappa shape index (κ1) is 29.9. The van der Waals surface area contributed by atoms with Gasteiger partial charge >= 0.3 is 47.7 Å². The minimum atomic E-state index is -8.43. The summed E-state index contributed by atoms with van der Waals surface area (Å²) in [5.74, 6) is -51.7. The Balaban J connectivity index is 6.12. The van der Waals surface area contributed by atoms with Crippen molar-refractivity contribution >= 4 is 21.9 Å². The van der Waals surface area contributed by atoms with E-state index < -0.39 is 54.3 Å². The van der Waals surface area contributed by atoms with Crippen molar-refractivity contribution in [2.45, 2.75) is 66.3 Å². The molecule has 0 spiro atoms. The summed E-state index contributed by atoms with van der Waals surface area (Å²) in [6.45, 7) is 0.287. The molecule has 0 rings (SSSR count). The third-order valence-electron chi connectivity index (χ3n) is 3.56. The summed E-state index contributed by atoms with van der Waals surface area (Å²) in [4.78, 5) is 10.6. The SMILES string of the molecule is CC(Br)CCCOC(=O)C(F)(F)C(F)(F)C(F)(F)C(F)(F)C(F)(F)C(F)(F)C(F)(F)F. The van der Waals surface area contributed by atoms with Crippen molar-refractivity contribution in [3.8, 4) is 0 Å². The van der Waals surface area contributed by atoms with Crippen molar-refractivity contribution in [2.24, 2.45) is 0 Å². The molecule has 0 radical (unpaired) electrons. The average Bonchev–Trinajstić information content (AvgIpc) is 2.56. The molecule has 1 atom stereocenters. The van der Waals surface area contributed by atoms with Crippen LogP contribution in [-0.4, -0.2) is 59.1 Å². The number of esters is 1. The highest BCUT2D eigenvalue weighted by Crippen LogP contribution is 2.62. The predicted octanol–water partition coefficient (Wildman–Crippen LogP) is 6.47. The molecular weight excluding hydrogens is 553 g/mol. The van der Waals surface area contributed by atoms with E-state index >= 15 is 0 Å². The second-order valence-electron chi connectivity index (χ2n) is 6.00. The number of carbonyl (C=O) groups excluding carboxylic acids is 1. The molecule has 0 aromatic carbocycles. The Morgan fingerprint density at radius 3 is 1.42 bits per heavy atom. The van der Waals surface area contributed by atoms with E-state index in [0.29, 0.717) is 0 Å². The number of rotatable bonds is 10. The molecule has 0 aliphatic carbocycles. The molecule has 18 heteroatoms. The van der Waals surface area contributed by atoms with Gasteiger partial charge in [0.05, 0.1) is 6.61 Å². The maximum absolute atomic E-state index is 13.4. The molecule has 0 amide bonds. The van der Waals surface area contributed by atoms with Crippen LogP contribution in [0, 0.1) is 0 Å². The topological polar surface area (TPSA) is 26.3 Å². The highest BCUT2D eigenvalue weighted by atomic mass is 79.9. The van der Waals surface area contributed by atoms with E-state index in [2.05, 4.69) is 20.7 Å². The van der Waals surface area contributed by atoms with E-state index in [0.717, 1.165) is 0 Å². The minimum absolute atomic E-state index is 0.0161. The molecule has 0 aliphatic heterocycles. The number of hydrogen-bond donors (Lipinski definition) is 0. The van der Waals surface area contributed by atoms with Gasteiger partial charge in [-0.1, -0.05) is 22.9 Å². The molecule has 186 valence electrons. The number of ether oxygens (including phenoxy) is 1. The Bertz CT molecular complexity index is 641. The van der Waals surface area contributed by atoms with Crippen LogP contribution in [0.3, 0.4) is 0 Å². The second-order valence-corrected chi connectivity index (χ2v) is 7.57. The molecule has 0 aliphatic rings. The van der Waals surface area contributed by atoms with Crippen molar-refractivity contribution in [1.82, 2.24) is 0 Å². The van der Waals surface area contributed by atoms with Gasteiger partial charge in [-0.15, -0.1) is 0 Å². The zero-order valence-electron chi connectivity index (χ0n) is 14.6. The molecule has 0 N–H and O–H groups in total. The fraction of sp³-hybridized carbons (Fsp3) is 0.923. The molecule has 0 aromatic rings. The Labute approximate surface area is 171 Å². The number of alkyl halides is 16. The van der Waals surface area contributed by atoms with Gasteiger partial charge in [-0.3, -0.25) is 0 Å². The summed E-state index contributed by atoms with van der Waals surface area (Å²) < 4.78 is 197. The third kappa shape index (κ3) is 4.82. The van der Waals surface area contributed by atoms with E-state index in [4.69, 9.17) is 0 Å². The highest BCUT2D eigenvalue weighted by Gasteiger charge is 2.94. The van der Waals surface area contributed by atoms with Gasteiger partial charge in [0.25, 0.3) is 0 Å². The lowest BCUT2D eigenvalue weighted by Gasteiger charge is -2.40. The first-order chi connectivity index (χ1) is 13.3. The van der Waals surface area contributed by atoms with Crippen LogP contribution >= 0.6 is 15.9 Å². The average molecular weight is 563 g/mol. The van der Waals surface area contributed by atoms with E-state index in [1.54, 1.807) is 0 Å². The van der Waals surface area contributed by atoms with E-state index in [1.165, 1.54) is 6.92 Å². The van der Waals surface area contributed by atoms with Gasteiger partial charge in [-0.25, -0.2) is 4.79 Å². The first-order valence-corrected chi connectivity index (χ1v) is 8.40. The summed E-state index contributed by atoms with van der Waals surface area (Å²) in [5.41, 5.74) is 0. The van der Waals surface area contributed by atoms with Crippen molar-refractivity contribution in [1.29, 1.82) is 0 Å². The molecule has 0 heterocycles. The molecule has 2 nitrogen and oxygen atoms in total. The number of halogens is 16. The quantitative estimate of drug-likeness (QED) is 0.132. The lowest BCUT2D eigenvalue weighted by molar-refractivity contribution is -0.450. The second kappa shape index (κ2) is 8.68. The molecular formula is C13H10BrF15O2. The summed E-state index contributed by atoms with van der Waals surface area (Å²) in [5, 5.41) is 0. The lowest BCUT2D eigenvalue weighted by atomic mass is 9.91. The van der Waals surface area contributed by atoms with Crippen LogP contribution in [0.4, 0.5) is 65.9 Å². The monoisotopic (exact) mass is 562 g/mol. The normalized spacial score (nSPS) is 16.3. The van der Waals surface area contributed by atoms with Gasteiger partial charge in [0, 0.05) is 4.83 Å². The standard InChI is InChI=1S/C13H10BrF15O2/c1-5(14)3-2-4-31-6(30)7(15,16)8(17,18)9(19,20)10(21,22)11(23,24)12(25,26)13(27,28)29/h5H,2-4H2,1H3. The van der Waals surface area contributed by atoms with Gasteiger partial charge in [0.2, 0.25) is 0 Å². The summed E-state index contributed by atoms with van der Waals surface area (Å²) in [6, 6.07) is 0. The van der Waals surface area contributed by atoms with Crippen LogP contribution in [0.5, 0.6) is 0 Å². The minimum Gasteiger partial charge on any atom is -0.461 e. The Morgan fingerprint density at radius 1 is 0.710 bits per heavy atom. The van der Waals surface area contributed by atoms with Crippen molar-refractivity contribution in [2.75, 3.05) is 6.61 Å². The van der Waals surface area contributed by atoms with Crippen LogP contribution in [0.2, 0.25) is 0 Å². The lowest BCUT2D eigenvalue weighted by Crippen LogP contribution is -2.73. The van der Waals surface area contributed by atoms with E-state index in [-0.39, 0.29) is 17.7 Å². The van der Waals surface area contributed by atoms with Crippen molar-refractivity contribution in [3.05, 3.63) is 0 Å². The molecule has 0 saturated carbocycles. The molecule has 0 aromatic heterocycles. The van der Waals surface area contributed by atoms with Crippen LogP contribution in [0.15, 0.2) is 0 Å². The van der Waals surface area contributed by atoms with Gasteiger partial charge < -0.3 is 4.74 Å². The molecule has 31 heavy (non-hydrogen) atoms. The predicted molar refractivity (Wildman–Crippen MR) is 74.3 cm³/mol. The zero-order chi connectivity index (χ0) is 25.5. The Hall–Kier alpha value is -1.10. The molecule has 0 bridgehead atoms. The zero-order valence-corrected chi connectivity index (χ0v) is 16.1. The maximum atomic E-state index is 13.4. The van der Waals surface area contributed by atoms with E-state index in [1.807, 2.05) is 0 Å². The van der Waals surface area contributed by atoms with E-state index in [9.17, 15) is 70.7 Å². The fourth-order valence-corrected chi connectivity index (χ4v) is 2.04. The van der Waals surface area contributed by atoms with Gasteiger partial charge in [0.1, 0.15) is 0 Å². The Kier molecular flexibility index (Phi) is 8.37. The summed E-state index contributed by atoms with van der Waals surface area (Å²) in [6.07, 6.45) is -8.04. The molecule has 1 unspecified atom stereocenters. The van der Waals surface area contributed by atoms with Crippen molar-refractivity contribution < 1.29 is 75.4 Å². The van der Waals surface area contributed by atoms with Gasteiger partial charge in [0.15, 0.2) is 0 Å². The number of hydrogen-bond acceptors (Lipinski definition) is 2. The largest absolute Gasteiger partial charge is 0.461 e. The van der Waals surface area contributed by atoms with Crippen LogP contribution in [-0.2, 0) is 9.53 Å². The Morgan fingerprint density at radius 2 is 1.06 bits per heavy atom. The van der Waals surface area contributed by atoms with Crippen LogP contribution < -0.4 is 0 Å². The van der Waals surface area contributed by atoms with Crippen molar-refractivity contribution in [3.63, 3.8) is 0 Å². The van der Waals surface area contributed by atoms with Crippen LogP contribution in [0.1, 0.15) is 19.8 Å². The summed E-state index contributed by atoms with van der Waals surface area (Å²) in [7, 11) is 0. The first-order valence-electron chi connectivity index (χ1n) is 7.49. The third-order valence-corrected chi connectivity index (χ3v) is 4.02. The fourth-order valence-electron chi connectivity index (χ4n) is 1.71. The van der Waals surface area contributed by atoms with Crippen LogP contribution in [0.25, 0.3) is 0 Å². The van der Waals surface area contributed by atoms with Gasteiger partial charge in [-0.2, -0.15) is 65.9 Å².